The van der Waals surface area contributed by atoms with Crippen molar-refractivity contribution in [3.05, 3.63) is 65.0 Å². The van der Waals surface area contributed by atoms with Gasteiger partial charge in [-0.2, -0.15) is 0 Å². The number of aromatic nitrogens is 1. The summed E-state index contributed by atoms with van der Waals surface area (Å²) in [7, 11) is 0. The Morgan fingerprint density at radius 1 is 1.16 bits per heavy atom. The average Bonchev–Trinajstić information content (AvgIpc) is 3.30. The highest BCUT2D eigenvalue weighted by Gasteiger charge is 2.43. The first-order valence-corrected chi connectivity index (χ1v) is 12.4. The zero-order valence-corrected chi connectivity index (χ0v) is 20.7. The molecule has 8 heteroatoms. The molecule has 166 valence electrons. The highest BCUT2D eigenvalue weighted by molar-refractivity contribution is 14.1. The van der Waals surface area contributed by atoms with Crippen molar-refractivity contribution in [2.75, 3.05) is 18.5 Å². The molecule has 3 aromatic rings. The van der Waals surface area contributed by atoms with Crippen LogP contribution in [0.5, 0.6) is 5.75 Å². The number of nitrogens with one attached hydrogen (secondary N) is 1. The van der Waals surface area contributed by atoms with Crippen LogP contribution in [0.4, 0.5) is 5.69 Å². The molecule has 1 atom stereocenters. The fraction of sp³-hybridized carbons (Fsp3) is 0.292. The first-order valence-electron chi connectivity index (χ1n) is 10.5. The van der Waals surface area contributed by atoms with Gasteiger partial charge in [0.15, 0.2) is 6.61 Å². The number of benzene rings is 2. The number of para-hydroxylation sites is 1. The second kappa shape index (κ2) is 9.99. The lowest BCUT2D eigenvalue weighted by atomic mass is 10.0. The first-order chi connectivity index (χ1) is 15.5. The number of ether oxygens (including phenoxy) is 1. The molecule has 1 aliphatic heterocycles. The van der Waals surface area contributed by atoms with E-state index in [1.807, 2.05) is 64.9 Å². The minimum absolute atomic E-state index is 0.0115. The normalized spacial score (nSPS) is 18.2. The SMILES string of the molecule is CC(=O)Nc1ccc(-c2csc(C3(I)CCCCN3C(=O)COc3ccccc3)n2)cc1. The number of carbonyl (C=O) groups is 2. The van der Waals surface area contributed by atoms with Crippen LogP contribution in [0, 0.1) is 0 Å². The predicted octanol–water partition coefficient (Wildman–Crippen LogP) is 5.45. The van der Waals surface area contributed by atoms with Crippen LogP contribution in [-0.4, -0.2) is 34.8 Å². The van der Waals surface area contributed by atoms with E-state index in [0.717, 1.165) is 41.2 Å². The molecule has 1 aliphatic rings. The van der Waals surface area contributed by atoms with Crippen molar-refractivity contribution in [1.82, 2.24) is 9.88 Å². The van der Waals surface area contributed by atoms with E-state index in [-0.39, 0.29) is 18.4 Å². The number of amides is 2. The van der Waals surface area contributed by atoms with Gasteiger partial charge < -0.3 is 15.0 Å². The molecule has 1 fully saturated rings. The summed E-state index contributed by atoms with van der Waals surface area (Å²) in [6, 6.07) is 17.0. The summed E-state index contributed by atoms with van der Waals surface area (Å²) in [5, 5.41) is 5.73. The van der Waals surface area contributed by atoms with E-state index in [1.165, 1.54) is 6.92 Å². The van der Waals surface area contributed by atoms with Crippen LogP contribution in [0.2, 0.25) is 0 Å². The second-order valence-corrected chi connectivity index (χ2v) is 10.3. The lowest BCUT2D eigenvalue weighted by Crippen LogP contribution is -2.50. The van der Waals surface area contributed by atoms with Crippen molar-refractivity contribution < 1.29 is 14.3 Å². The Hall–Kier alpha value is -2.46. The number of anilines is 1. The van der Waals surface area contributed by atoms with Crippen molar-refractivity contribution in [1.29, 1.82) is 0 Å². The summed E-state index contributed by atoms with van der Waals surface area (Å²) in [6.07, 6.45) is 2.89. The van der Waals surface area contributed by atoms with Crippen LogP contribution in [-0.2, 0) is 13.1 Å². The Morgan fingerprint density at radius 2 is 1.91 bits per heavy atom. The van der Waals surface area contributed by atoms with Gasteiger partial charge in [0.25, 0.3) is 5.91 Å². The van der Waals surface area contributed by atoms with E-state index in [1.54, 1.807) is 11.3 Å². The zero-order valence-electron chi connectivity index (χ0n) is 17.7. The molecule has 2 aromatic carbocycles. The van der Waals surface area contributed by atoms with Gasteiger partial charge >= 0.3 is 0 Å². The van der Waals surface area contributed by atoms with Crippen LogP contribution in [0.25, 0.3) is 11.3 Å². The van der Waals surface area contributed by atoms with Gasteiger partial charge in [0.1, 0.15) is 14.3 Å². The zero-order chi connectivity index (χ0) is 22.6. The van der Waals surface area contributed by atoms with Crippen LogP contribution in [0.15, 0.2) is 60.0 Å². The minimum Gasteiger partial charge on any atom is -0.484 e. The Morgan fingerprint density at radius 3 is 2.62 bits per heavy atom. The minimum atomic E-state index is -0.480. The summed E-state index contributed by atoms with van der Waals surface area (Å²) in [5.74, 6) is 0.564. The number of rotatable bonds is 6. The molecule has 2 amide bonds. The molecule has 1 unspecified atom stereocenters. The second-order valence-electron chi connectivity index (χ2n) is 7.66. The van der Waals surface area contributed by atoms with Crippen molar-refractivity contribution in [3.63, 3.8) is 0 Å². The lowest BCUT2D eigenvalue weighted by Gasteiger charge is -2.41. The molecule has 0 bridgehead atoms. The van der Waals surface area contributed by atoms with Gasteiger partial charge in [0.2, 0.25) is 5.91 Å². The van der Waals surface area contributed by atoms with Crippen LogP contribution in [0.3, 0.4) is 0 Å². The number of piperidine rings is 1. The molecule has 32 heavy (non-hydrogen) atoms. The summed E-state index contributed by atoms with van der Waals surface area (Å²) in [6.45, 7) is 2.19. The third kappa shape index (κ3) is 5.12. The molecule has 0 radical (unpaired) electrons. The maximum atomic E-state index is 13.1. The van der Waals surface area contributed by atoms with Gasteiger partial charge in [-0.05, 0) is 66.1 Å². The fourth-order valence-electron chi connectivity index (χ4n) is 3.74. The molecular weight excluding hydrogens is 537 g/mol. The monoisotopic (exact) mass is 561 g/mol. The molecule has 1 aromatic heterocycles. The highest BCUT2D eigenvalue weighted by Crippen LogP contribution is 2.45. The number of likely N-dealkylation sites (tertiary alicyclic amines) is 1. The van der Waals surface area contributed by atoms with Crippen LogP contribution in [0.1, 0.15) is 31.2 Å². The maximum Gasteiger partial charge on any atom is 0.261 e. The molecular formula is C24H24IN3O3S. The number of carbonyl (C=O) groups excluding carboxylic acids is 2. The smallest absolute Gasteiger partial charge is 0.261 e. The first kappa shape index (κ1) is 22.7. The number of nitrogens with zero attached hydrogens (tertiary/aromatic N) is 2. The van der Waals surface area contributed by atoms with Gasteiger partial charge in [-0.1, -0.05) is 30.3 Å². The average molecular weight is 561 g/mol. The lowest BCUT2D eigenvalue weighted by molar-refractivity contribution is -0.138. The van der Waals surface area contributed by atoms with E-state index in [2.05, 4.69) is 27.9 Å². The molecule has 2 heterocycles. The van der Waals surface area contributed by atoms with Gasteiger partial charge in [0.05, 0.1) is 5.69 Å². The van der Waals surface area contributed by atoms with Gasteiger partial charge in [-0.25, -0.2) is 4.98 Å². The van der Waals surface area contributed by atoms with E-state index >= 15 is 0 Å². The highest BCUT2D eigenvalue weighted by atomic mass is 127. The van der Waals surface area contributed by atoms with E-state index < -0.39 is 3.55 Å². The van der Waals surface area contributed by atoms with E-state index in [0.29, 0.717) is 12.3 Å². The third-order valence-electron chi connectivity index (χ3n) is 5.31. The Balaban J connectivity index is 1.51. The fourth-order valence-corrected chi connectivity index (χ4v) is 6.09. The largest absolute Gasteiger partial charge is 0.484 e. The Bertz CT molecular complexity index is 1090. The summed E-state index contributed by atoms with van der Waals surface area (Å²) < 4.78 is 5.24. The van der Waals surface area contributed by atoms with E-state index in [4.69, 9.17) is 9.72 Å². The molecule has 1 N–H and O–H groups in total. The number of hydrogen-bond donors (Lipinski definition) is 1. The Labute approximate surface area is 205 Å². The number of hydrogen-bond acceptors (Lipinski definition) is 5. The van der Waals surface area contributed by atoms with Gasteiger partial charge in [-0.3, -0.25) is 9.59 Å². The molecule has 1 saturated heterocycles. The van der Waals surface area contributed by atoms with Crippen molar-refractivity contribution >= 4 is 51.4 Å². The number of alkyl halides is 1. The molecule has 0 spiro atoms. The van der Waals surface area contributed by atoms with Crippen LogP contribution >= 0.6 is 33.9 Å². The topological polar surface area (TPSA) is 71.5 Å². The van der Waals surface area contributed by atoms with Crippen LogP contribution < -0.4 is 10.1 Å². The molecule has 0 saturated carbocycles. The number of thiazole rings is 1. The number of halogens is 1. The van der Waals surface area contributed by atoms with Crippen molar-refractivity contribution in [2.24, 2.45) is 0 Å². The Kier molecular flexibility index (Phi) is 7.10. The maximum absolute atomic E-state index is 13.1. The van der Waals surface area contributed by atoms with Gasteiger partial charge in [0, 0.05) is 30.1 Å². The predicted molar refractivity (Wildman–Crippen MR) is 135 cm³/mol. The summed E-state index contributed by atoms with van der Waals surface area (Å²) in [4.78, 5) is 31.2. The molecule has 4 rings (SSSR count). The molecule has 6 nitrogen and oxygen atoms in total. The quantitative estimate of drug-likeness (QED) is 0.247. The van der Waals surface area contributed by atoms with Crippen molar-refractivity contribution in [3.8, 4) is 17.0 Å². The standard InChI is InChI=1S/C24H24IN3O3S/c1-17(29)26-19-11-9-18(10-12-19)21-16-32-23(27-21)24(25)13-5-6-14-28(24)22(30)15-31-20-7-3-2-4-8-20/h2-4,7-12,16H,5-6,13-15H2,1H3,(H,26,29). The molecule has 0 aliphatic carbocycles. The summed E-state index contributed by atoms with van der Waals surface area (Å²) >= 11 is 3.97. The van der Waals surface area contributed by atoms with Crippen molar-refractivity contribution in [2.45, 2.75) is 29.7 Å². The third-order valence-corrected chi connectivity index (χ3v) is 8.30. The van der Waals surface area contributed by atoms with Gasteiger partial charge in [-0.15, -0.1) is 11.3 Å². The van der Waals surface area contributed by atoms with E-state index in [9.17, 15) is 9.59 Å². The summed E-state index contributed by atoms with van der Waals surface area (Å²) in [5.41, 5.74) is 2.60.